The lowest BCUT2D eigenvalue weighted by atomic mass is 9.79. The normalized spacial score (nSPS) is 22.9. The minimum absolute atomic E-state index is 0.0403. The molecule has 2 rings (SSSR count). The number of carbonyl (C=O) groups is 1. The molecule has 5 heteroatoms. The van der Waals surface area contributed by atoms with E-state index in [0.29, 0.717) is 17.5 Å². The van der Waals surface area contributed by atoms with Crippen molar-refractivity contribution in [3.05, 3.63) is 11.9 Å². The maximum Gasteiger partial charge on any atom is 0.246 e. The molecule has 1 heterocycles. The lowest BCUT2D eigenvalue weighted by Gasteiger charge is -2.25. The van der Waals surface area contributed by atoms with Gasteiger partial charge < -0.3 is 9.47 Å². The van der Waals surface area contributed by atoms with Crippen LogP contribution in [0.4, 0.5) is 0 Å². The first-order valence-corrected chi connectivity index (χ1v) is 6.65. The zero-order valence-corrected chi connectivity index (χ0v) is 11.7. The summed E-state index contributed by atoms with van der Waals surface area (Å²) in [7, 11) is 3.00. The van der Waals surface area contributed by atoms with Crippen LogP contribution in [0, 0.1) is 11.8 Å². The lowest BCUT2D eigenvalue weighted by Crippen LogP contribution is -2.23. The van der Waals surface area contributed by atoms with Gasteiger partial charge in [-0.1, -0.05) is 19.8 Å². The second-order valence-corrected chi connectivity index (χ2v) is 5.10. The fraction of sp³-hybridized carbons (Fsp3) is 0.643. The maximum atomic E-state index is 12.5. The van der Waals surface area contributed by atoms with Crippen molar-refractivity contribution >= 4 is 5.78 Å². The fourth-order valence-corrected chi connectivity index (χ4v) is 2.63. The predicted molar refractivity (Wildman–Crippen MR) is 70.6 cm³/mol. The van der Waals surface area contributed by atoms with Crippen LogP contribution in [0.5, 0.6) is 11.8 Å². The van der Waals surface area contributed by atoms with E-state index in [1.807, 2.05) is 0 Å². The molecule has 0 aromatic carbocycles. The number of rotatable bonds is 4. The third-order valence-electron chi connectivity index (χ3n) is 3.66. The van der Waals surface area contributed by atoms with Gasteiger partial charge in [-0.05, 0) is 18.8 Å². The fourth-order valence-electron chi connectivity index (χ4n) is 2.63. The molecule has 0 spiro atoms. The first kappa shape index (κ1) is 13.8. The third-order valence-corrected chi connectivity index (χ3v) is 3.66. The number of ketones is 1. The topological polar surface area (TPSA) is 61.3 Å². The average Bonchev–Trinajstić information content (AvgIpc) is 2.45. The minimum Gasteiger partial charge on any atom is -0.480 e. The van der Waals surface area contributed by atoms with Gasteiger partial charge in [0.2, 0.25) is 11.8 Å². The summed E-state index contributed by atoms with van der Waals surface area (Å²) in [6, 6.07) is 0. The van der Waals surface area contributed by atoms with E-state index in [0.717, 1.165) is 19.3 Å². The van der Waals surface area contributed by atoms with E-state index in [9.17, 15) is 4.79 Å². The third kappa shape index (κ3) is 3.03. The Morgan fingerprint density at radius 2 is 2.11 bits per heavy atom. The largest absolute Gasteiger partial charge is 0.480 e. The summed E-state index contributed by atoms with van der Waals surface area (Å²) >= 11 is 0. The summed E-state index contributed by atoms with van der Waals surface area (Å²) in [5, 5.41) is 0. The molecule has 19 heavy (non-hydrogen) atoms. The molecule has 1 aliphatic carbocycles. The number of hydrogen-bond acceptors (Lipinski definition) is 5. The quantitative estimate of drug-likeness (QED) is 0.782. The smallest absolute Gasteiger partial charge is 0.246 e. The molecule has 0 bridgehead atoms. The van der Waals surface area contributed by atoms with Crippen molar-refractivity contribution in [2.24, 2.45) is 11.8 Å². The Balaban J connectivity index is 2.22. The Bertz CT molecular complexity index is 462. The molecule has 0 amide bonds. The van der Waals surface area contributed by atoms with Crippen molar-refractivity contribution in [1.29, 1.82) is 0 Å². The van der Waals surface area contributed by atoms with E-state index in [1.54, 1.807) is 0 Å². The van der Waals surface area contributed by atoms with E-state index >= 15 is 0 Å². The number of ether oxygens (including phenoxy) is 2. The summed E-state index contributed by atoms with van der Waals surface area (Å²) in [5.41, 5.74) is 0.322. The molecule has 0 N–H and O–H groups in total. The molecular weight excluding hydrogens is 244 g/mol. The minimum atomic E-state index is 0.0403. The van der Waals surface area contributed by atoms with Gasteiger partial charge in [-0.15, -0.1) is 0 Å². The van der Waals surface area contributed by atoms with Crippen molar-refractivity contribution in [3.63, 3.8) is 0 Å². The van der Waals surface area contributed by atoms with Crippen LogP contribution in [0.3, 0.4) is 0 Å². The van der Waals surface area contributed by atoms with Crippen LogP contribution in [0.2, 0.25) is 0 Å². The van der Waals surface area contributed by atoms with Gasteiger partial charge in [0.1, 0.15) is 0 Å². The van der Waals surface area contributed by atoms with Gasteiger partial charge in [0.15, 0.2) is 11.5 Å². The van der Waals surface area contributed by atoms with E-state index < -0.39 is 0 Å². The van der Waals surface area contributed by atoms with E-state index in [4.69, 9.17) is 9.47 Å². The number of Topliss-reactive ketones (excluding diaryl/α,β-unsaturated/α-hetero) is 1. The number of aromatic nitrogens is 2. The first-order chi connectivity index (χ1) is 9.15. The maximum absolute atomic E-state index is 12.5. The van der Waals surface area contributed by atoms with Crippen molar-refractivity contribution in [3.8, 4) is 11.8 Å². The molecule has 0 aliphatic heterocycles. The zero-order chi connectivity index (χ0) is 13.8. The number of hydrogen-bond donors (Lipinski definition) is 0. The van der Waals surface area contributed by atoms with Crippen LogP contribution < -0.4 is 9.47 Å². The van der Waals surface area contributed by atoms with Crippen LogP contribution >= 0.6 is 0 Å². The number of methoxy groups -OCH3 is 2. The Morgan fingerprint density at radius 1 is 1.32 bits per heavy atom. The van der Waals surface area contributed by atoms with Crippen molar-refractivity contribution < 1.29 is 14.3 Å². The van der Waals surface area contributed by atoms with E-state index in [1.165, 1.54) is 26.8 Å². The Hall–Kier alpha value is -1.65. The van der Waals surface area contributed by atoms with Crippen LogP contribution in [0.25, 0.3) is 0 Å². The SMILES string of the molecule is COc1cnc(C(=O)C2CCCC(C)C2)c(OC)n1. The molecular formula is C14H20N2O3. The summed E-state index contributed by atoms with van der Waals surface area (Å²) in [4.78, 5) is 20.8. The second-order valence-electron chi connectivity index (χ2n) is 5.10. The second kappa shape index (κ2) is 5.99. The molecule has 0 saturated heterocycles. The van der Waals surface area contributed by atoms with Gasteiger partial charge in [0.05, 0.1) is 20.4 Å². The molecule has 1 aliphatic rings. The standard InChI is InChI=1S/C14H20N2O3/c1-9-5-4-6-10(7-9)13(17)12-14(19-3)16-11(18-2)8-15-12/h8-10H,4-7H2,1-3H3. The van der Waals surface area contributed by atoms with Gasteiger partial charge in [0.25, 0.3) is 0 Å². The number of carbonyl (C=O) groups excluding carboxylic acids is 1. The van der Waals surface area contributed by atoms with Gasteiger partial charge in [-0.3, -0.25) is 4.79 Å². The van der Waals surface area contributed by atoms with E-state index in [2.05, 4.69) is 16.9 Å². The Labute approximate surface area is 113 Å². The predicted octanol–water partition coefficient (Wildman–Crippen LogP) is 2.50. The molecule has 1 aromatic heterocycles. The van der Waals surface area contributed by atoms with Crippen molar-refractivity contribution in [1.82, 2.24) is 9.97 Å². The Morgan fingerprint density at radius 3 is 2.74 bits per heavy atom. The van der Waals surface area contributed by atoms with Crippen molar-refractivity contribution in [2.45, 2.75) is 32.6 Å². The Kier molecular flexibility index (Phi) is 4.35. The molecule has 0 radical (unpaired) electrons. The zero-order valence-electron chi connectivity index (χ0n) is 11.7. The van der Waals surface area contributed by atoms with Crippen LogP contribution in [0.15, 0.2) is 6.20 Å². The highest BCUT2D eigenvalue weighted by molar-refractivity contribution is 5.98. The van der Waals surface area contributed by atoms with Gasteiger partial charge in [0, 0.05) is 5.92 Å². The van der Waals surface area contributed by atoms with Gasteiger partial charge in [-0.2, -0.15) is 4.98 Å². The molecule has 5 nitrogen and oxygen atoms in total. The highest BCUT2D eigenvalue weighted by atomic mass is 16.5. The summed E-state index contributed by atoms with van der Waals surface area (Å²) in [6.45, 7) is 2.19. The average molecular weight is 264 g/mol. The molecule has 1 fully saturated rings. The van der Waals surface area contributed by atoms with E-state index in [-0.39, 0.29) is 17.6 Å². The lowest BCUT2D eigenvalue weighted by molar-refractivity contribution is 0.0858. The monoisotopic (exact) mass is 264 g/mol. The highest BCUT2D eigenvalue weighted by Gasteiger charge is 2.29. The summed E-state index contributed by atoms with van der Waals surface area (Å²) < 4.78 is 10.1. The van der Waals surface area contributed by atoms with Gasteiger partial charge >= 0.3 is 0 Å². The molecule has 2 unspecified atom stereocenters. The van der Waals surface area contributed by atoms with Crippen LogP contribution in [0.1, 0.15) is 43.1 Å². The summed E-state index contributed by atoms with van der Waals surface area (Å²) in [5.74, 6) is 1.28. The molecule has 1 saturated carbocycles. The summed E-state index contributed by atoms with van der Waals surface area (Å²) in [6.07, 6.45) is 5.62. The first-order valence-electron chi connectivity index (χ1n) is 6.65. The number of nitrogens with zero attached hydrogens (tertiary/aromatic N) is 2. The van der Waals surface area contributed by atoms with Crippen molar-refractivity contribution in [2.75, 3.05) is 14.2 Å². The van der Waals surface area contributed by atoms with Crippen LogP contribution in [-0.2, 0) is 0 Å². The molecule has 1 aromatic rings. The van der Waals surface area contributed by atoms with Crippen LogP contribution in [-0.4, -0.2) is 30.0 Å². The van der Waals surface area contributed by atoms with Gasteiger partial charge in [-0.25, -0.2) is 4.98 Å². The molecule has 2 atom stereocenters. The molecule has 104 valence electrons. The highest BCUT2D eigenvalue weighted by Crippen LogP contribution is 2.32.